The van der Waals surface area contributed by atoms with E-state index in [-0.39, 0.29) is 5.75 Å². The summed E-state index contributed by atoms with van der Waals surface area (Å²) in [4.78, 5) is 13.8. The van der Waals surface area contributed by atoms with E-state index in [1.165, 1.54) is 0 Å². The molecule has 62 valence electrons. The molecule has 0 radical (unpaired) electrons. The highest BCUT2D eigenvalue weighted by Gasteiger charge is 2.15. The fourth-order valence-electron chi connectivity index (χ4n) is 0.644. The van der Waals surface area contributed by atoms with E-state index in [1.807, 2.05) is 0 Å². The summed E-state index contributed by atoms with van der Waals surface area (Å²) in [5.74, 6) is 0.236. The van der Waals surface area contributed by atoms with E-state index in [1.54, 1.807) is 0 Å². The molecule has 0 fully saturated rings. The third-order valence-electron chi connectivity index (χ3n) is 1.05. The summed E-state index contributed by atoms with van der Waals surface area (Å²) in [6.45, 7) is 0. The molecule has 11 heavy (non-hydrogen) atoms. The largest absolute Gasteiger partial charge is 0.306 e. The lowest BCUT2D eigenvalue weighted by atomic mass is 10.6. The van der Waals surface area contributed by atoms with Crippen molar-refractivity contribution >= 4 is 23.2 Å². The van der Waals surface area contributed by atoms with E-state index >= 15 is 0 Å². The van der Waals surface area contributed by atoms with Crippen LogP contribution in [0.1, 0.15) is 0 Å². The van der Waals surface area contributed by atoms with Crippen molar-refractivity contribution < 1.29 is 13.6 Å². The minimum Gasteiger partial charge on any atom is -0.306 e. The quantitative estimate of drug-likeness (QED) is 0.351. The second kappa shape index (κ2) is 3.56. The van der Waals surface area contributed by atoms with Gasteiger partial charge in [-0.15, -0.1) is 0 Å². The number of hydrogen-bond donors (Lipinski definition) is 3. The Labute approximate surface area is 65.3 Å². The van der Waals surface area contributed by atoms with Gasteiger partial charge < -0.3 is 9.98 Å². The molecule has 0 saturated carbocycles. The molecule has 7 heteroatoms. The summed E-state index contributed by atoms with van der Waals surface area (Å²) >= 11 is -1.92. The predicted octanol–water partition coefficient (Wildman–Crippen LogP) is -1.76. The molecular formula is C4H7N3O3S. The highest BCUT2D eigenvalue weighted by atomic mass is 32.2. The standard InChI is InChI=1S/C4H7N3O3S/c8-1-3-5-4(7-6-3)2-11(9)10/h1,3,6H,2H2,(H,5,7)(H,9,10). The molecular weight excluding hydrogens is 170 g/mol. The first kappa shape index (κ1) is 8.31. The van der Waals surface area contributed by atoms with E-state index in [9.17, 15) is 9.00 Å². The summed E-state index contributed by atoms with van der Waals surface area (Å²) in [7, 11) is 0. The molecule has 2 atom stereocenters. The number of carbonyl (C=O) groups excluding carboxylic acids is 1. The van der Waals surface area contributed by atoms with Gasteiger partial charge in [0, 0.05) is 0 Å². The van der Waals surface area contributed by atoms with Crippen LogP contribution in [-0.2, 0) is 15.9 Å². The third kappa shape index (κ3) is 2.37. The van der Waals surface area contributed by atoms with Crippen LogP contribution in [0.2, 0.25) is 0 Å². The molecule has 0 spiro atoms. The molecule has 0 aliphatic carbocycles. The van der Waals surface area contributed by atoms with Crippen LogP contribution in [0.3, 0.4) is 0 Å². The van der Waals surface area contributed by atoms with Crippen molar-refractivity contribution in [1.29, 1.82) is 0 Å². The van der Waals surface area contributed by atoms with Crippen molar-refractivity contribution in [2.45, 2.75) is 6.17 Å². The monoisotopic (exact) mass is 177 g/mol. The van der Waals surface area contributed by atoms with Gasteiger partial charge in [-0.1, -0.05) is 0 Å². The molecule has 0 aromatic rings. The lowest BCUT2D eigenvalue weighted by molar-refractivity contribution is -0.109. The predicted molar refractivity (Wildman–Crippen MR) is 39.2 cm³/mol. The number of nitrogens with zero attached hydrogens (tertiary/aromatic N) is 1. The second-order valence-electron chi connectivity index (χ2n) is 1.89. The number of nitrogens with one attached hydrogen (secondary N) is 2. The average molecular weight is 177 g/mol. The Morgan fingerprint density at radius 3 is 3.00 bits per heavy atom. The topological polar surface area (TPSA) is 90.8 Å². The zero-order valence-corrected chi connectivity index (χ0v) is 6.30. The van der Waals surface area contributed by atoms with Crippen molar-refractivity contribution in [3.63, 3.8) is 0 Å². The Kier molecular flexibility index (Phi) is 2.69. The van der Waals surface area contributed by atoms with Crippen molar-refractivity contribution in [3.05, 3.63) is 0 Å². The van der Waals surface area contributed by atoms with Crippen LogP contribution in [0.4, 0.5) is 0 Å². The van der Waals surface area contributed by atoms with Crippen LogP contribution < -0.4 is 10.9 Å². The normalized spacial score (nSPS) is 25.5. The van der Waals surface area contributed by atoms with Crippen molar-refractivity contribution in [3.8, 4) is 0 Å². The average Bonchev–Trinajstić information content (AvgIpc) is 2.34. The highest BCUT2D eigenvalue weighted by molar-refractivity contribution is 7.80. The van der Waals surface area contributed by atoms with Gasteiger partial charge in [-0.05, 0) is 0 Å². The number of carbonyl (C=O) groups is 1. The summed E-state index contributed by atoms with van der Waals surface area (Å²) in [6.07, 6.45) is -0.0335. The van der Waals surface area contributed by atoms with Gasteiger partial charge in [-0.25, -0.2) is 14.6 Å². The van der Waals surface area contributed by atoms with Gasteiger partial charge in [-0.3, -0.25) is 4.79 Å². The maximum atomic E-state index is 10.2. The van der Waals surface area contributed by atoms with E-state index in [2.05, 4.69) is 15.8 Å². The van der Waals surface area contributed by atoms with Crippen LogP contribution in [0.25, 0.3) is 0 Å². The first-order valence-electron chi connectivity index (χ1n) is 2.83. The van der Waals surface area contributed by atoms with Gasteiger partial charge >= 0.3 is 0 Å². The van der Waals surface area contributed by atoms with Crippen LogP contribution in [0.5, 0.6) is 0 Å². The number of hydrazine groups is 1. The summed E-state index contributed by atoms with van der Waals surface area (Å²) in [5, 5.41) is 0. The molecule has 6 nitrogen and oxygen atoms in total. The molecule has 0 bridgehead atoms. The molecule has 3 N–H and O–H groups in total. The van der Waals surface area contributed by atoms with Crippen molar-refractivity contribution in [2.24, 2.45) is 4.99 Å². The highest BCUT2D eigenvalue weighted by Crippen LogP contribution is 1.90. The second-order valence-corrected chi connectivity index (χ2v) is 2.82. The zero-order valence-electron chi connectivity index (χ0n) is 5.48. The van der Waals surface area contributed by atoms with Gasteiger partial charge in [0.15, 0.2) is 23.5 Å². The molecule has 0 aromatic carbocycles. The lowest BCUT2D eigenvalue weighted by Crippen LogP contribution is -2.37. The number of hydrogen-bond acceptors (Lipinski definition) is 5. The lowest BCUT2D eigenvalue weighted by Gasteiger charge is -1.96. The van der Waals surface area contributed by atoms with E-state index in [4.69, 9.17) is 4.55 Å². The van der Waals surface area contributed by atoms with Gasteiger partial charge in [0.1, 0.15) is 11.6 Å². The van der Waals surface area contributed by atoms with Crippen LogP contribution >= 0.6 is 0 Å². The SMILES string of the molecule is O=CC1N=C(CS(=O)O)NN1. The molecule has 0 amide bonds. The van der Waals surface area contributed by atoms with Crippen LogP contribution in [0, 0.1) is 0 Å². The summed E-state index contributed by atoms with van der Waals surface area (Å²) in [6, 6.07) is 0. The molecule has 0 aromatic heterocycles. The molecule has 0 saturated heterocycles. The number of rotatable bonds is 3. The Morgan fingerprint density at radius 1 is 1.82 bits per heavy atom. The van der Waals surface area contributed by atoms with E-state index in [0.29, 0.717) is 12.1 Å². The molecule has 1 aliphatic heterocycles. The first-order valence-corrected chi connectivity index (χ1v) is 4.11. The van der Waals surface area contributed by atoms with Gasteiger partial charge in [0.05, 0.1) is 0 Å². The maximum Gasteiger partial charge on any atom is 0.174 e. The summed E-state index contributed by atoms with van der Waals surface area (Å²) in [5.41, 5.74) is 5.00. The fourth-order valence-corrected chi connectivity index (χ4v) is 1.03. The Hall–Kier alpha value is -0.790. The van der Waals surface area contributed by atoms with E-state index in [0.717, 1.165) is 0 Å². The van der Waals surface area contributed by atoms with Gasteiger partial charge in [-0.2, -0.15) is 0 Å². The smallest absolute Gasteiger partial charge is 0.174 e. The molecule has 1 rings (SSSR count). The zero-order chi connectivity index (χ0) is 8.27. The van der Waals surface area contributed by atoms with Gasteiger partial charge in [0.2, 0.25) is 0 Å². The number of aldehydes is 1. The van der Waals surface area contributed by atoms with Crippen molar-refractivity contribution in [2.75, 3.05) is 5.75 Å². The van der Waals surface area contributed by atoms with Crippen LogP contribution in [-0.4, -0.2) is 32.8 Å². The molecule has 2 unspecified atom stereocenters. The summed E-state index contributed by atoms with van der Waals surface area (Å²) < 4.78 is 18.6. The van der Waals surface area contributed by atoms with Crippen molar-refractivity contribution in [1.82, 2.24) is 10.9 Å². The Bertz CT molecular complexity index is 217. The maximum absolute atomic E-state index is 10.2. The number of amidine groups is 1. The minimum atomic E-state index is -1.92. The van der Waals surface area contributed by atoms with E-state index < -0.39 is 17.2 Å². The Morgan fingerprint density at radius 2 is 2.55 bits per heavy atom. The fraction of sp³-hybridized carbons (Fsp3) is 0.500. The minimum absolute atomic E-state index is 0.0860. The van der Waals surface area contributed by atoms with Crippen LogP contribution in [0.15, 0.2) is 4.99 Å². The van der Waals surface area contributed by atoms with Gasteiger partial charge in [0.25, 0.3) is 0 Å². The first-order chi connectivity index (χ1) is 5.22. The molecule has 1 aliphatic rings. The number of aliphatic imine (C=N–C) groups is 1. The molecule has 1 heterocycles. The Balaban J connectivity index is 2.48. The third-order valence-corrected chi connectivity index (χ3v) is 1.57.